The number of carbonyl (C=O) groups is 1. The van der Waals surface area contributed by atoms with E-state index in [1.807, 2.05) is 31.2 Å². The highest BCUT2D eigenvalue weighted by atomic mass is 16.5. The van der Waals surface area contributed by atoms with E-state index in [-0.39, 0.29) is 11.9 Å². The number of methoxy groups -OCH3 is 2. The fourth-order valence-electron chi connectivity index (χ4n) is 3.70. The first-order valence-electron chi connectivity index (χ1n) is 11.0. The number of aliphatic imine (C=N–C) groups is 1. The number of para-hydroxylation sites is 2. The van der Waals surface area contributed by atoms with Crippen LogP contribution in [0.3, 0.4) is 0 Å². The zero-order valence-corrected chi connectivity index (χ0v) is 19.1. The second-order valence-corrected chi connectivity index (χ2v) is 7.50. The van der Waals surface area contributed by atoms with E-state index in [2.05, 4.69) is 31.9 Å². The summed E-state index contributed by atoms with van der Waals surface area (Å²) >= 11 is 0. The maximum Gasteiger partial charge on any atom is 0.251 e. The molecule has 8 heteroatoms. The Labute approximate surface area is 190 Å². The summed E-state index contributed by atoms with van der Waals surface area (Å²) < 4.78 is 10.7. The molecule has 3 rings (SSSR count). The molecule has 1 aliphatic heterocycles. The summed E-state index contributed by atoms with van der Waals surface area (Å²) in [5.74, 6) is 2.17. The molecule has 0 radical (unpaired) electrons. The van der Waals surface area contributed by atoms with Crippen LogP contribution in [0.5, 0.6) is 11.5 Å². The summed E-state index contributed by atoms with van der Waals surface area (Å²) in [5.41, 5.74) is 1.68. The van der Waals surface area contributed by atoms with E-state index in [1.165, 1.54) is 0 Å². The summed E-state index contributed by atoms with van der Waals surface area (Å²) in [6.07, 6.45) is 1.01. The standard InChI is InChI=1S/C24H33N5O3/c1-4-25-24(27-14-13-26-23(30)18-8-7-9-20(16-18)31-2)28-19-12-15-29(17-19)21-10-5-6-11-22(21)32-3/h5-11,16,19H,4,12-15,17H2,1-3H3,(H,26,30)(H2,25,27,28). The summed E-state index contributed by atoms with van der Waals surface area (Å²) in [7, 11) is 3.29. The molecule has 1 aliphatic rings. The molecular weight excluding hydrogens is 406 g/mol. The SMILES string of the molecule is CCNC(=NCCNC(=O)c1cccc(OC)c1)NC1CCN(c2ccccc2OC)C1. The van der Waals surface area contributed by atoms with Crippen molar-refractivity contribution in [1.29, 1.82) is 0 Å². The number of ether oxygens (including phenoxy) is 2. The molecule has 3 N–H and O–H groups in total. The van der Waals surface area contributed by atoms with Crippen LogP contribution >= 0.6 is 0 Å². The molecule has 1 heterocycles. The fourth-order valence-corrected chi connectivity index (χ4v) is 3.70. The first kappa shape index (κ1) is 23.2. The van der Waals surface area contributed by atoms with Gasteiger partial charge >= 0.3 is 0 Å². The van der Waals surface area contributed by atoms with Crippen LogP contribution < -0.4 is 30.3 Å². The Hall–Kier alpha value is -3.42. The van der Waals surface area contributed by atoms with Gasteiger partial charge in [-0.3, -0.25) is 9.79 Å². The Morgan fingerprint density at radius 1 is 1.12 bits per heavy atom. The highest BCUT2D eigenvalue weighted by Gasteiger charge is 2.25. The molecule has 0 saturated carbocycles. The third-order valence-corrected chi connectivity index (χ3v) is 5.30. The van der Waals surface area contributed by atoms with Gasteiger partial charge in [-0.1, -0.05) is 18.2 Å². The van der Waals surface area contributed by atoms with Crippen molar-refractivity contribution in [3.8, 4) is 11.5 Å². The zero-order valence-electron chi connectivity index (χ0n) is 19.1. The second-order valence-electron chi connectivity index (χ2n) is 7.50. The van der Waals surface area contributed by atoms with Crippen molar-refractivity contribution in [2.45, 2.75) is 19.4 Å². The number of hydrogen-bond acceptors (Lipinski definition) is 5. The largest absolute Gasteiger partial charge is 0.497 e. The smallest absolute Gasteiger partial charge is 0.251 e. The van der Waals surface area contributed by atoms with Gasteiger partial charge in [0.1, 0.15) is 11.5 Å². The molecule has 172 valence electrons. The maximum absolute atomic E-state index is 12.3. The molecule has 1 fully saturated rings. The van der Waals surface area contributed by atoms with Crippen LogP contribution in [0.4, 0.5) is 5.69 Å². The Bertz CT molecular complexity index is 918. The van der Waals surface area contributed by atoms with Gasteiger partial charge in [-0.05, 0) is 43.7 Å². The van der Waals surface area contributed by atoms with Crippen molar-refractivity contribution < 1.29 is 14.3 Å². The van der Waals surface area contributed by atoms with Crippen molar-refractivity contribution >= 4 is 17.6 Å². The minimum Gasteiger partial charge on any atom is -0.497 e. The van der Waals surface area contributed by atoms with E-state index in [1.54, 1.807) is 32.4 Å². The molecule has 32 heavy (non-hydrogen) atoms. The number of benzene rings is 2. The molecule has 8 nitrogen and oxygen atoms in total. The quantitative estimate of drug-likeness (QED) is 0.316. The van der Waals surface area contributed by atoms with E-state index in [4.69, 9.17) is 9.47 Å². The maximum atomic E-state index is 12.3. The lowest BCUT2D eigenvalue weighted by atomic mass is 10.2. The van der Waals surface area contributed by atoms with Gasteiger partial charge in [0.15, 0.2) is 5.96 Å². The highest BCUT2D eigenvalue weighted by molar-refractivity contribution is 5.94. The number of carbonyl (C=O) groups excluding carboxylic acids is 1. The van der Waals surface area contributed by atoms with Gasteiger partial charge in [0.25, 0.3) is 5.91 Å². The third-order valence-electron chi connectivity index (χ3n) is 5.30. The molecule has 1 saturated heterocycles. The van der Waals surface area contributed by atoms with Crippen LogP contribution in [-0.2, 0) is 0 Å². The van der Waals surface area contributed by atoms with Gasteiger partial charge in [0.05, 0.1) is 26.5 Å². The third kappa shape index (κ3) is 6.29. The molecular formula is C24H33N5O3. The van der Waals surface area contributed by atoms with Gasteiger partial charge in [-0.25, -0.2) is 0 Å². The predicted molar refractivity (Wildman–Crippen MR) is 128 cm³/mol. The van der Waals surface area contributed by atoms with Crippen molar-refractivity contribution in [1.82, 2.24) is 16.0 Å². The van der Waals surface area contributed by atoms with Crippen LogP contribution in [0.1, 0.15) is 23.7 Å². The average Bonchev–Trinajstić information content (AvgIpc) is 3.30. The zero-order chi connectivity index (χ0) is 22.8. The van der Waals surface area contributed by atoms with Crippen molar-refractivity contribution in [3.05, 3.63) is 54.1 Å². The lowest BCUT2D eigenvalue weighted by molar-refractivity contribution is 0.0954. The topological polar surface area (TPSA) is 87.2 Å². The monoisotopic (exact) mass is 439 g/mol. The Morgan fingerprint density at radius 2 is 1.97 bits per heavy atom. The van der Waals surface area contributed by atoms with Gasteiger partial charge < -0.3 is 30.3 Å². The fraction of sp³-hybridized carbons (Fsp3) is 0.417. The van der Waals surface area contributed by atoms with Crippen LogP contribution in [0.25, 0.3) is 0 Å². The molecule has 2 aromatic rings. The lowest BCUT2D eigenvalue weighted by Crippen LogP contribution is -2.45. The van der Waals surface area contributed by atoms with Crippen molar-refractivity contribution in [2.24, 2.45) is 4.99 Å². The van der Waals surface area contributed by atoms with E-state index in [9.17, 15) is 4.79 Å². The molecule has 0 aliphatic carbocycles. The van der Waals surface area contributed by atoms with Gasteiger partial charge in [0, 0.05) is 37.8 Å². The molecule has 0 aromatic heterocycles. The molecule has 1 amide bonds. The number of anilines is 1. The normalized spacial score (nSPS) is 15.9. The summed E-state index contributed by atoms with van der Waals surface area (Å²) in [6, 6.07) is 15.5. The van der Waals surface area contributed by atoms with Gasteiger partial charge in [-0.15, -0.1) is 0 Å². The molecule has 2 aromatic carbocycles. The van der Waals surface area contributed by atoms with Crippen LogP contribution in [0.15, 0.2) is 53.5 Å². The summed E-state index contributed by atoms with van der Waals surface area (Å²) in [4.78, 5) is 19.3. The van der Waals surface area contributed by atoms with E-state index in [0.717, 1.165) is 43.5 Å². The van der Waals surface area contributed by atoms with E-state index >= 15 is 0 Å². The van der Waals surface area contributed by atoms with Gasteiger partial charge in [0.2, 0.25) is 0 Å². The number of hydrogen-bond donors (Lipinski definition) is 3. The highest BCUT2D eigenvalue weighted by Crippen LogP contribution is 2.30. The van der Waals surface area contributed by atoms with Crippen molar-refractivity contribution in [3.63, 3.8) is 0 Å². The molecule has 0 spiro atoms. The average molecular weight is 440 g/mol. The number of nitrogens with one attached hydrogen (secondary N) is 3. The number of rotatable bonds is 9. The lowest BCUT2D eigenvalue weighted by Gasteiger charge is -2.22. The number of nitrogens with zero attached hydrogens (tertiary/aromatic N) is 2. The first-order chi connectivity index (χ1) is 15.6. The minimum atomic E-state index is -0.139. The minimum absolute atomic E-state index is 0.139. The van der Waals surface area contributed by atoms with Crippen LogP contribution in [-0.4, -0.2) is 64.9 Å². The Kier molecular flexibility index (Phi) is 8.60. The first-order valence-corrected chi connectivity index (χ1v) is 11.0. The van der Waals surface area contributed by atoms with E-state index < -0.39 is 0 Å². The van der Waals surface area contributed by atoms with E-state index in [0.29, 0.717) is 24.4 Å². The van der Waals surface area contributed by atoms with Crippen molar-refractivity contribution in [2.75, 3.05) is 51.8 Å². The molecule has 1 unspecified atom stereocenters. The Morgan fingerprint density at radius 3 is 2.75 bits per heavy atom. The summed E-state index contributed by atoms with van der Waals surface area (Å²) in [6.45, 7) is 5.56. The molecule has 1 atom stereocenters. The van der Waals surface area contributed by atoms with Crippen LogP contribution in [0.2, 0.25) is 0 Å². The second kappa shape index (κ2) is 11.8. The Balaban J connectivity index is 1.50. The predicted octanol–water partition coefficient (Wildman–Crippen LogP) is 2.27. The van der Waals surface area contributed by atoms with Crippen LogP contribution in [0, 0.1) is 0 Å². The number of amides is 1. The van der Waals surface area contributed by atoms with Gasteiger partial charge in [-0.2, -0.15) is 0 Å². The summed E-state index contributed by atoms with van der Waals surface area (Å²) in [5, 5.41) is 9.71. The molecule has 0 bridgehead atoms. The number of guanidine groups is 1.